The van der Waals surface area contributed by atoms with Crippen LogP contribution in [0.5, 0.6) is 0 Å². The number of hydrogen-bond donors (Lipinski definition) is 1. The Morgan fingerprint density at radius 3 is 2.53 bits per heavy atom. The van der Waals surface area contributed by atoms with Crippen LogP contribution < -0.4 is 0 Å². The molecule has 1 saturated heterocycles. The number of ether oxygens (including phenoxy) is 1. The number of aliphatic hydroxyl groups is 1. The fourth-order valence-electron chi connectivity index (χ4n) is 2.26. The molecule has 6 heteroatoms. The number of nitrogens with zero attached hydrogens (tertiary/aromatic N) is 1. The van der Waals surface area contributed by atoms with E-state index in [0.717, 1.165) is 32.6 Å². The second-order valence-electron chi connectivity index (χ2n) is 5.47. The van der Waals surface area contributed by atoms with Gasteiger partial charge in [0.15, 0.2) is 5.60 Å². The van der Waals surface area contributed by atoms with Gasteiger partial charge in [-0.05, 0) is 39.2 Å². The highest BCUT2D eigenvalue weighted by Gasteiger charge is 2.50. The van der Waals surface area contributed by atoms with Crippen LogP contribution in [-0.4, -0.2) is 54.1 Å². The molecule has 0 spiro atoms. The smallest absolute Gasteiger partial charge is 0.380 e. The van der Waals surface area contributed by atoms with Crippen LogP contribution in [0, 0.1) is 0 Å². The van der Waals surface area contributed by atoms with E-state index in [1.807, 2.05) is 6.92 Å². The van der Waals surface area contributed by atoms with Crippen molar-refractivity contribution in [2.75, 3.05) is 26.2 Å². The van der Waals surface area contributed by atoms with Crippen LogP contribution in [0.25, 0.3) is 0 Å². The number of hydrogen-bond acceptors (Lipinski definition) is 3. The number of halogens is 3. The lowest BCUT2D eigenvalue weighted by molar-refractivity contribution is -0.257. The van der Waals surface area contributed by atoms with E-state index in [9.17, 15) is 18.3 Å². The number of likely N-dealkylation sites (tertiary alicyclic amines) is 1. The van der Waals surface area contributed by atoms with E-state index in [4.69, 9.17) is 4.74 Å². The summed E-state index contributed by atoms with van der Waals surface area (Å²) in [6.45, 7) is 4.33. The molecule has 0 aliphatic carbocycles. The first-order valence-corrected chi connectivity index (χ1v) is 6.89. The molecule has 1 fully saturated rings. The minimum absolute atomic E-state index is 0.140. The van der Waals surface area contributed by atoms with Crippen LogP contribution in [0.3, 0.4) is 0 Å². The highest BCUT2D eigenvalue weighted by Crippen LogP contribution is 2.31. The Balaban J connectivity index is 2.45. The Labute approximate surface area is 112 Å². The summed E-state index contributed by atoms with van der Waals surface area (Å²) in [5.74, 6) is 0. The minimum atomic E-state index is -4.59. The molecule has 0 aromatic carbocycles. The van der Waals surface area contributed by atoms with Crippen LogP contribution in [-0.2, 0) is 4.74 Å². The van der Waals surface area contributed by atoms with Crippen molar-refractivity contribution in [1.29, 1.82) is 0 Å². The zero-order chi connectivity index (χ0) is 14.5. The summed E-state index contributed by atoms with van der Waals surface area (Å²) in [5.41, 5.74) is -2.64. The highest BCUT2D eigenvalue weighted by atomic mass is 19.4. The fraction of sp³-hybridized carbons (Fsp3) is 1.00. The summed E-state index contributed by atoms with van der Waals surface area (Å²) in [6.07, 6.45) is -1.08. The third-order valence-electron chi connectivity index (χ3n) is 3.47. The second kappa shape index (κ2) is 6.90. The number of rotatable bonds is 5. The van der Waals surface area contributed by atoms with Gasteiger partial charge in [-0.1, -0.05) is 6.92 Å². The molecule has 1 rings (SSSR count). The van der Waals surface area contributed by atoms with Crippen molar-refractivity contribution >= 4 is 0 Å². The Morgan fingerprint density at radius 1 is 1.26 bits per heavy atom. The van der Waals surface area contributed by atoms with Gasteiger partial charge in [0.1, 0.15) is 0 Å². The van der Waals surface area contributed by atoms with Gasteiger partial charge in [0.25, 0.3) is 0 Å². The Morgan fingerprint density at radius 2 is 1.95 bits per heavy atom. The molecule has 1 aliphatic rings. The molecular formula is C13H24F3NO2. The molecule has 19 heavy (non-hydrogen) atoms. The topological polar surface area (TPSA) is 32.7 Å². The molecule has 1 aliphatic heterocycles. The van der Waals surface area contributed by atoms with E-state index < -0.39 is 11.8 Å². The van der Waals surface area contributed by atoms with Crippen molar-refractivity contribution in [1.82, 2.24) is 4.90 Å². The van der Waals surface area contributed by atoms with Gasteiger partial charge < -0.3 is 14.7 Å². The van der Waals surface area contributed by atoms with E-state index in [1.165, 1.54) is 0 Å². The predicted molar refractivity (Wildman–Crippen MR) is 67.0 cm³/mol. The summed E-state index contributed by atoms with van der Waals surface area (Å²) < 4.78 is 43.5. The summed E-state index contributed by atoms with van der Waals surface area (Å²) >= 11 is 0. The molecule has 1 heterocycles. The number of alkyl halides is 3. The Hall–Kier alpha value is -0.330. The second-order valence-corrected chi connectivity index (χ2v) is 5.47. The lowest BCUT2D eigenvalue weighted by Gasteiger charge is -2.32. The van der Waals surface area contributed by atoms with Crippen LogP contribution in [0.15, 0.2) is 0 Å². The molecule has 0 amide bonds. The van der Waals surface area contributed by atoms with E-state index in [1.54, 1.807) is 4.90 Å². The van der Waals surface area contributed by atoms with E-state index in [-0.39, 0.29) is 12.6 Å². The first-order chi connectivity index (χ1) is 8.76. The largest absolute Gasteiger partial charge is 0.418 e. The molecule has 0 aromatic heterocycles. The summed E-state index contributed by atoms with van der Waals surface area (Å²) in [4.78, 5) is 1.68. The van der Waals surface area contributed by atoms with Gasteiger partial charge in [-0.15, -0.1) is 0 Å². The Kier molecular flexibility index (Phi) is 6.08. The van der Waals surface area contributed by atoms with Crippen molar-refractivity contribution in [3.05, 3.63) is 0 Å². The minimum Gasteiger partial charge on any atom is -0.380 e. The van der Waals surface area contributed by atoms with E-state index >= 15 is 0 Å². The van der Waals surface area contributed by atoms with Crippen LogP contribution in [0.1, 0.15) is 39.5 Å². The molecule has 0 aromatic rings. The normalized spacial score (nSPS) is 25.9. The van der Waals surface area contributed by atoms with Crippen LogP contribution in [0.2, 0.25) is 0 Å². The molecule has 0 saturated carbocycles. The average Bonchev–Trinajstić information content (AvgIpc) is 2.50. The van der Waals surface area contributed by atoms with E-state index in [2.05, 4.69) is 0 Å². The molecule has 0 radical (unpaired) electrons. The summed E-state index contributed by atoms with van der Waals surface area (Å²) in [5, 5.41) is 9.50. The number of β-amino-alcohol motifs (C(OH)–C–C–N with tert-alkyl or cyclic N) is 1. The molecular weight excluding hydrogens is 259 g/mol. The lowest BCUT2D eigenvalue weighted by Crippen LogP contribution is -2.51. The quantitative estimate of drug-likeness (QED) is 0.842. The molecule has 114 valence electrons. The highest BCUT2D eigenvalue weighted by molar-refractivity contribution is 4.86. The predicted octanol–water partition coefficient (Wildman–Crippen LogP) is 2.58. The molecule has 2 unspecified atom stereocenters. The maximum atomic E-state index is 12.6. The van der Waals surface area contributed by atoms with Crippen LogP contribution in [0.4, 0.5) is 13.2 Å². The SMILES string of the molecule is CCCOC1CCCN(CC(C)(O)C(F)(F)F)CC1. The standard InChI is InChI=1S/C13H24F3NO2/c1-3-9-19-11-5-4-7-17(8-6-11)10-12(2,18)13(14,15)16/h11,18H,3-10H2,1-2H3. The third kappa shape index (κ3) is 5.28. The van der Waals surface area contributed by atoms with Crippen molar-refractivity contribution in [2.45, 2.75) is 57.4 Å². The summed E-state index contributed by atoms with van der Waals surface area (Å²) in [7, 11) is 0. The van der Waals surface area contributed by atoms with Crippen molar-refractivity contribution in [2.24, 2.45) is 0 Å². The molecule has 1 N–H and O–H groups in total. The molecule has 3 nitrogen and oxygen atoms in total. The van der Waals surface area contributed by atoms with Crippen LogP contribution >= 0.6 is 0 Å². The van der Waals surface area contributed by atoms with Gasteiger partial charge in [-0.2, -0.15) is 13.2 Å². The van der Waals surface area contributed by atoms with Crippen molar-refractivity contribution < 1.29 is 23.0 Å². The first kappa shape index (κ1) is 16.7. The van der Waals surface area contributed by atoms with Gasteiger partial charge in [0.05, 0.1) is 6.10 Å². The maximum Gasteiger partial charge on any atom is 0.418 e. The van der Waals surface area contributed by atoms with Gasteiger partial charge in [0.2, 0.25) is 0 Å². The van der Waals surface area contributed by atoms with E-state index in [0.29, 0.717) is 19.7 Å². The third-order valence-corrected chi connectivity index (χ3v) is 3.47. The first-order valence-electron chi connectivity index (χ1n) is 6.89. The zero-order valence-corrected chi connectivity index (χ0v) is 11.7. The van der Waals surface area contributed by atoms with Crippen molar-refractivity contribution in [3.63, 3.8) is 0 Å². The lowest BCUT2D eigenvalue weighted by atomic mass is 10.1. The molecule has 0 bridgehead atoms. The van der Waals surface area contributed by atoms with Crippen molar-refractivity contribution in [3.8, 4) is 0 Å². The monoisotopic (exact) mass is 283 g/mol. The zero-order valence-electron chi connectivity index (χ0n) is 11.7. The fourth-order valence-corrected chi connectivity index (χ4v) is 2.26. The summed E-state index contributed by atoms with van der Waals surface area (Å²) in [6, 6.07) is 0. The van der Waals surface area contributed by atoms with Gasteiger partial charge in [0, 0.05) is 19.7 Å². The van der Waals surface area contributed by atoms with Gasteiger partial charge in [-0.25, -0.2) is 0 Å². The molecule has 2 atom stereocenters. The van der Waals surface area contributed by atoms with Gasteiger partial charge in [-0.3, -0.25) is 0 Å². The van der Waals surface area contributed by atoms with Gasteiger partial charge >= 0.3 is 6.18 Å². The average molecular weight is 283 g/mol. The maximum absolute atomic E-state index is 12.6. The Bertz CT molecular complexity index is 269.